The van der Waals surface area contributed by atoms with Gasteiger partial charge in [0.1, 0.15) is 11.5 Å². The fourth-order valence-corrected chi connectivity index (χ4v) is 1.74. The van der Waals surface area contributed by atoms with Crippen molar-refractivity contribution in [3.05, 3.63) is 35.3 Å². The second kappa shape index (κ2) is 8.14. The van der Waals surface area contributed by atoms with Crippen LogP contribution in [0.1, 0.15) is 33.6 Å². The first kappa shape index (κ1) is 17.0. The zero-order chi connectivity index (χ0) is 14.3. The van der Waals surface area contributed by atoms with Crippen LogP contribution in [0, 0.1) is 5.92 Å². The van der Waals surface area contributed by atoms with Crippen LogP contribution in [0.25, 0.3) is 0 Å². The number of allylic oxidation sites excluding steroid dienone is 2. The summed E-state index contributed by atoms with van der Waals surface area (Å²) < 4.78 is 0. The predicted molar refractivity (Wildman–Crippen MR) is 78.1 cm³/mol. The van der Waals surface area contributed by atoms with E-state index in [9.17, 15) is 15.0 Å². The SMILES string of the molecule is C=C(C(O)=C(CC)C(=O)C(C)CBr)/C(O)=C\CC. The molecule has 1 atom stereocenters. The summed E-state index contributed by atoms with van der Waals surface area (Å²) in [5.41, 5.74) is 0.409. The maximum atomic E-state index is 12.0. The molecule has 0 aliphatic carbocycles. The Balaban J connectivity index is 5.34. The van der Waals surface area contributed by atoms with Crippen LogP contribution in [0.15, 0.2) is 35.3 Å². The number of Topliss-reactive ketones (excluding diaryl/α,β-unsaturated/α-hetero) is 1. The first-order valence-corrected chi connectivity index (χ1v) is 7.13. The third-order valence-corrected chi connectivity index (χ3v) is 3.58. The second-order valence-corrected chi connectivity index (χ2v) is 4.72. The summed E-state index contributed by atoms with van der Waals surface area (Å²) in [6, 6.07) is 0. The molecule has 0 saturated heterocycles. The number of halogens is 1. The van der Waals surface area contributed by atoms with E-state index in [-0.39, 0.29) is 28.8 Å². The van der Waals surface area contributed by atoms with E-state index in [0.717, 1.165) is 0 Å². The fourth-order valence-electron chi connectivity index (χ4n) is 1.45. The average molecular weight is 317 g/mol. The van der Waals surface area contributed by atoms with Crippen LogP contribution in [-0.4, -0.2) is 21.3 Å². The molecule has 0 aromatic heterocycles. The Morgan fingerprint density at radius 1 is 1.39 bits per heavy atom. The van der Waals surface area contributed by atoms with Gasteiger partial charge in [-0.05, 0) is 18.9 Å². The Kier molecular flexibility index (Phi) is 7.67. The van der Waals surface area contributed by atoms with Crippen LogP contribution in [0.2, 0.25) is 0 Å². The fraction of sp³-hybridized carbons (Fsp3) is 0.500. The summed E-state index contributed by atoms with van der Waals surface area (Å²) in [5, 5.41) is 20.2. The van der Waals surface area contributed by atoms with Crippen molar-refractivity contribution in [2.75, 3.05) is 5.33 Å². The van der Waals surface area contributed by atoms with Crippen molar-refractivity contribution in [2.24, 2.45) is 5.92 Å². The summed E-state index contributed by atoms with van der Waals surface area (Å²) in [7, 11) is 0. The molecule has 0 fully saturated rings. The van der Waals surface area contributed by atoms with Crippen molar-refractivity contribution in [1.82, 2.24) is 0 Å². The number of carbonyl (C=O) groups excluding carboxylic acids is 1. The summed E-state index contributed by atoms with van der Waals surface area (Å²) in [5.74, 6) is -0.637. The molecule has 4 heteroatoms. The van der Waals surface area contributed by atoms with Crippen molar-refractivity contribution in [2.45, 2.75) is 33.6 Å². The lowest BCUT2D eigenvalue weighted by atomic mass is 9.95. The minimum atomic E-state index is -0.216. The van der Waals surface area contributed by atoms with Gasteiger partial charge in [-0.2, -0.15) is 0 Å². The van der Waals surface area contributed by atoms with E-state index < -0.39 is 0 Å². The van der Waals surface area contributed by atoms with Gasteiger partial charge >= 0.3 is 0 Å². The lowest BCUT2D eigenvalue weighted by Crippen LogP contribution is -2.17. The first-order valence-electron chi connectivity index (χ1n) is 6.01. The summed E-state index contributed by atoms with van der Waals surface area (Å²) in [6.07, 6.45) is 2.58. The molecule has 0 aromatic carbocycles. The van der Waals surface area contributed by atoms with Gasteiger partial charge in [-0.15, -0.1) is 0 Å². The van der Waals surface area contributed by atoms with E-state index in [4.69, 9.17) is 0 Å². The molecule has 18 heavy (non-hydrogen) atoms. The van der Waals surface area contributed by atoms with Crippen LogP contribution in [0.4, 0.5) is 0 Å². The molecular formula is C14H21BrO3. The largest absolute Gasteiger partial charge is 0.508 e. The summed E-state index contributed by atoms with van der Waals surface area (Å²) in [4.78, 5) is 12.0. The number of aliphatic hydroxyl groups excluding tert-OH is 2. The first-order chi connectivity index (χ1) is 8.40. The molecule has 0 spiro atoms. The molecular weight excluding hydrogens is 296 g/mol. The maximum Gasteiger partial charge on any atom is 0.166 e. The highest BCUT2D eigenvalue weighted by molar-refractivity contribution is 9.09. The minimum absolute atomic E-state index is 0.0831. The van der Waals surface area contributed by atoms with Crippen LogP contribution in [0.5, 0.6) is 0 Å². The van der Waals surface area contributed by atoms with Crippen molar-refractivity contribution >= 4 is 21.7 Å². The molecule has 0 saturated carbocycles. The molecule has 0 aliphatic rings. The highest BCUT2D eigenvalue weighted by Crippen LogP contribution is 2.22. The van der Waals surface area contributed by atoms with Gasteiger partial charge in [-0.3, -0.25) is 4.79 Å². The number of hydrogen-bond acceptors (Lipinski definition) is 3. The monoisotopic (exact) mass is 316 g/mol. The molecule has 0 amide bonds. The van der Waals surface area contributed by atoms with E-state index in [2.05, 4.69) is 22.5 Å². The number of aliphatic hydroxyl groups is 2. The number of alkyl halides is 1. The molecule has 0 rings (SSSR count). The minimum Gasteiger partial charge on any atom is -0.508 e. The smallest absolute Gasteiger partial charge is 0.166 e. The normalized spacial score (nSPS) is 15.0. The molecule has 0 radical (unpaired) electrons. The molecule has 102 valence electrons. The average Bonchev–Trinajstić information content (AvgIpc) is 2.37. The predicted octanol–water partition coefficient (Wildman–Crippen LogP) is 4.22. The van der Waals surface area contributed by atoms with Crippen molar-refractivity contribution < 1.29 is 15.0 Å². The number of hydrogen-bond donors (Lipinski definition) is 2. The molecule has 1 unspecified atom stereocenters. The molecule has 0 aromatic rings. The lowest BCUT2D eigenvalue weighted by Gasteiger charge is -2.13. The molecule has 0 heterocycles. The van der Waals surface area contributed by atoms with Gasteiger partial charge in [0.2, 0.25) is 0 Å². The van der Waals surface area contributed by atoms with Gasteiger partial charge < -0.3 is 10.2 Å². The number of rotatable bonds is 7. The van der Waals surface area contributed by atoms with Gasteiger partial charge in [0, 0.05) is 16.8 Å². The highest BCUT2D eigenvalue weighted by atomic mass is 79.9. The van der Waals surface area contributed by atoms with Crippen molar-refractivity contribution in [3.63, 3.8) is 0 Å². The van der Waals surface area contributed by atoms with Gasteiger partial charge in [-0.1, -0.05) is 43.3 Å². The van der Waals surface area contributed by atoms with Crippen molar-refractivity contribution in [3.8, 4) is 0 Å². The van der Waals surface area contributed by atoms with E-state index in [1.807, 2.05) is 6.92 Å². The van der Waals surface area contributed by atoms with Crippen LogP contribution < -0.4 is 0 Å². The van der Waals surface area contributed by atoms with Crippen molar-refractivity contribution in [1.29, 1.82) is 0 Å². The van der Waals surface area contributed by atoms with E-state index >= 15 is 0 Å². The van der Waals surface area contributed by atoms with Crippen LogP contribution in [-0.2, 0) is 4.79 Å². The number of carbonyl (C=O) groups is 1. The zero-order valence-electron chi connectivity index (χ0n) is 11.2. The number of ketones is 1. The standard InChI is InChI=1S/C14H21BrO3/c1-5-7-12(16)10(4)14(18)11(6-2)13(17)9(3)8-15/h7,9,16,18H,4-6,8H2,1-3H3/b12-7+,14-11?. The highest BCUT2D eigenvalue weighted by Gasteiger charge is 2.21. The van der Waals surface area contributed by atoms with E-state index in [1.54, 1.807) is 19.9 Å². The molecule has 2 N–H and O–H groups in total. The van der Waals surface area contributed by atoms with Gasteiger partial charge in [0.25, 0.3) is 0 Å². The second-order valence-electron chi connectivity index (χ2n) is 4.08. The quantitative estimate of drug-likeness (QED) is 0.320. The Labute approximate surface area is 117 Å². The Bertz CT molecular complexity index is 381. The van der Waals surface area contributed by atoms with E-state index in [0.29, 0.717) is 23.7 Å². The third-order valence-electron chi connectivity index (χ3n) is 2.61. The zero-order valence-corrected chi connectivity index (χ0v) is 12.7. The Morgan fingerprint density at radius 2 is 1.94 bits per heavy atom. The van der Waals surface area contributed by atoms with Gasteiger partial charge in [0.15, 0.2) is 5.78 Å². The Morgan fingerprint density at radius 3 is 2.33 bits per heavy atom. The maximum absolute atomic E-state index is 12.0. The lowest BCUT2D eigenvalue weighted by molar-refractivity contribution is -0.118. The summed E-state index contributed by atoms with van der Waals surface area (Å²) >= 11 is 3.24. The summed E-state index contributed by atoms with van der Waals surface area (Å²) in [6.45, 7) is 9.06. The molecule has 0 aliphatic heterocycles. The van der Waals surface area contributed by atoms with Gasteiger partial charge in [-0.25, -0.2) is 0 Å². The molecule has 0 bridgehead atoms. The van der Waals surface area contributed by atoms with E-state index in [1.165, 1.54) is 0 Å². The Hall–Kier alpha value is -1.03. The third kappa shape index (κ3) is 4.33. The van der Waals surface area contributed by atoms with Crippen LogP contribution >= 0.6 is 15.9 Å². The van der Waals surface area contributed by atoms with Crippen LogP contribution in [0.3, 0.4) is 0 Å². The van der Waals surface area contributed by atoms with Gasteiger partial charge in [0.05, 0.1) is 5.57 Å². The topological polar surface area (TPSA) is 57.5 Å². The molecule has 3 nitrogen and oxygen atoms in total.